The van der Waals surface area contributed by atoms with Gasteiger partial charge in [0.2, 0.25) is 0 Å². The zero-order valence-electron chi connectivity index (χ0n) is 14.8. The molecule has 1 amide bonds. The second-order valence-electron chi connectivity index (χ2n) is 6.05. The number of aromatic nitrogens is 3. The summed E-state index contributed by atoms with van der Waals surface area (Å²) < 4.78 is 0. The summed E-state index contributed by atoms with van der Waals surface area (Å²) in [6.45, 7) is 0. The molecule has 0 radical (unpaired) electrons. The number of hydrogen-bond donors (Lipinski definition) is 1. The van der Waals surface area contributed by atoms with Crippen LogP contribution in [0.25, 0.3) is 22.5 Å². The Kier molecular flexibility index (Phi) is 4.64. The number of nitrogens with one attached hydrogen (secondary N) is 1. The average Bonchev–Trinajstić information content (AvgIpc) is 3.21. The van der Waals surface area contributed by atoms with Gasteiger partial charge in [-0.2, -0.15) is 15.2 Å². The molecule has 0 atom stereocenters. The Labute approximate surface area is 161 Å². The second-order valence-corrected chi connectivity index (χ2v) is 6.05. The standard InChI is InChI=1S/C22H15N5O/c23-14-17(13-18-15-24-27(26-18)19-9-2-1-3-10-19)22(28)25-21-12-6-8-16-7-4-5-11-20(16)21/h1-13,15H,(H,25,28)/b17-13+. The van der Waals surface area contributed by atoms with Crippen molar-refractivity contribution < 1.29 is 4.79 Å². The van der Waals surface area contributed by atoms with Gasteiger partial charge >= 0.3 is 0 Å². The molecule has 0 fully saturated rings. The molecular weight excluding hydrogens is 350 g/mol. The van der Waals surface area contributed by atoms with Gasteiger partial charge in [0.25, 0.3) is 5.91 Å². The van der Waals surface area contributed by atoms with Crippen molar-refractivity contribution >= 4 is 28.4 Å². The number of hydrogen-bond acceptors (Lipinski definition) is 4. The van der Waals surface area contributed by atoms with Gasteiger partial charge in [-0.15, -0.1) is 5.10 Å². The molecule has 0 unspecified atom stereocenters. The van der Waals surface area contributed by atoms with Gasteiger partial charge in [0.05, 0.1) is 11.9 Å². The normalized spacial score (nSPS) is 11.2. The van der Waals surface area contributed by atoms with Crippen LogP contribution in [0.2, 0.25) is 0 Å². The van der Waals surface area contributed by atoms with Crippen LogP contribution < -0.4 is 5.32 Å². The van der Waals surface area contributed by atoms with Crippen LogP contribution in [0.15, 0.2) is 84.6 Å². The minimum Gasteiger partial charge on any atom is -0.321 e. The summed E-state index contributed by atoms with van der Waals surface area (Å²) in [5, 5.41) is 22.6. The summed E-state index contributed by atoms with van der Waals surface area (Å²) in [6, 6.07) is 24.7. The lowest BCUT2D eigenvalue weighted by Crippen LogP contribution is -2.13. The van der Waals surface area contributed by atoms with Gasteiger partial charge in [0.1, 0.15) is 17.3 Å². The van der Waals surface area contributed by atoms with Crippen molar-refractivity contribution in [2.24, 2.45) is 0 Å². The highest BCUT2D eigenvalue weighted by molar-refractivity contribution is 6.12. The summed E-state index contributed by atoms with van der Waals surface area (Å²) in [4.78, 5) is 14.1. The molecule has 4 rings (SSSR count). The van der Waals surface area contributed by atoms with Crippen LogP contribution in [0.5, 0.6) is 0 Å². The van der Waals surface area contributed by atoms with Crippen LogP contribution in [-0.4, -0.2) is 20.9 Å². The highest BCUT2D eigenvalue weighted by Crippen LogP contribution is 2.23. The Morgan fingerprint density at radius 3 is 2.57 bits per heavy atom. The smallest absolute Gasteiger partial charge is 0.266 e. The molecule has 4 aromatic rings. The SMILES string of the molecule is N#C/C(=C\c1cnn(-c2ccccc2)n1)C(=O)Nc1cccc2ccccc12. The molecule has 0 saturated carbocycles. The largest absolute Gasteiger partial charge is 0.321 e. The first kappa shape index (κ1) is 17.2. The fourth-order valence-corrected chi connectivity index (χ4v) is 2.85. The van der Waals surface area contributed by atoms with Crippen LogP contribution in [0.4, 0.5) is 5.69 Å². The van der Waals surface area contributed by atoms with Gasteiger partial charge in [-0.25, -0.2) is 0 Å². The van der Waals surface area contributed by atoms with E-state index in [-0.39, 0.29) is 5.57 Å². The minimum atomic E-state index is -0.492. The number of fused-ring (bicyclic) bond motifs is 1. The van der Waals surface area contributed by atoms with Crippen molar-refractivity contribution in [3.8, 4) is 11.8 Å². The lowest BCUT2D eigenvalue weighted by molar-refractivity contribution is -0.112. The first-order valence-electron chi connectivity index (χ1n) is 8.63. The van der Waals surface area contributed by atoms with E-state index in [2.05, 4.69) is 15.5 Å². The van der Waals surface area contributed by atoms with Crippen molar-refractivity contribution in [1.29, 1.82) is 5.26 Å². The first-order chi connectivity index (χ1) is 13.7. The molecule has 1 aromatic heterocycles. The van der Waals surface area contributed by atoms with E-state index in [4.69, 9.17) is 0 Å². The van der Waals surface area contributed by atoms with Gasteiger partial charge in [0, 0.05) is 11.1 Å². The lowest BCUT2D eigenvalue weighted by Gasteiger charge is -2.08. The molecule has 0 spiro atoms. The van der Waals surface area contributed by atoms with Crippen molar-refractivity contribution in [2.45, 2.75) is 0 Å². The number of benzene rings is 3. The van der Waals surface area contributed by atoms with Gasteiger partial charge in [-0.1, -0.05) is 54.6 Å². The summed E-state index contributed by atoms with van der Waals surface area (Å²) >= 11 is 0. The number of amides is 1. The van der Waals surface area contributed by atoms with Gasteiger partial charge in [-0.05, 0) is 29.7 Å². The molecular formula is C22H15N5O. The van der Waals surface area contributed by atoms with Crippen molar-refractivity contribution in [2.75, 3.05) is 5.32 Å². The fourth-order valence-electron chi connectivity index (χ4n) is 2.85. The Hall–Kier alpha value is -4.24. The second kappa shape index (κ2) is 7.56. The summed E-state index contributed by atoms with van der Waals surface area (Å²) in [7, 11) is 0. The minimum absolute atomic E-state index is 0.0481. The van der Waals surface area contributed by atoms with E-state index in [1.807, 2.05) is 72.8 Å². The van der Waals surface area contributed by atoms with Crippen LogP contribution in [0.1, 0.15) is 5.69 Å². The first-order valence-corrected chi connectivity index (χ1v) is 8.63. The topological polar surface area (TPSA) is 83.6 Å². The third-order valence-corrected chi connectivity index (χ3v) is 4.19. The highest BCUT2D eigenvalue weighted by Gasteiger charge is 2.12. The number of para-hydroxylation sites is 1. The molecule has 3 aromatic carbocycles. The van der Waals surface area contributed by atoms with Crippen molar-refractivity contribution in [3.05, 3.63) is 90.3 Å². The Morgan fingerprint density at radius 2 is 1.75 bits per heavy atom. The van der Waals surface area contributed by atoms with Gasteiger partial charge in [-0.3, -0.25) is 4.79 Å². The van der Waals surface area contributed by atoms with E-state index in [1.165, 1.54) is 17.1 Å². The maximum absolute atomic E-state index is 12.6. The number of carbonyl (C=O) groups excluding carboxylic acids is 1. The Morgan fingerprint density at radius 1 is 1.00 bits per heavy atom. The molecule has 1 N–H and O–H groups in total. The van der Waals surface area contributed by atoms with Crippen molar-refractivity contribution in [3.63, 3.8) is 0 Å². The monoisotopic (exact) mass is 365 g/mol. The third kappa shape index (κ3) is 3.50. The predicted octanol–water partition coefficient (Wildman–Crippen LogP) is 3.97. The zero-order chi connectivity index (χ0) is 19.3. The van der Waals surface area contributed by atoms with E-state index in [0.717, 1.165) is 16.5 Å². The van der Waals surface area contributed by atoms with Crippen LogP contribution in [0.3, 0.4) is 0 Å². The van der Waals surface area contributed by atoms with Crippen LogP contribution in [-0.2, 0) is 4.79 Å². The molecule has 0 saturated heterocycles. The van der Waals surface area contributed by atoms with Gasteiger partial charge in [0.15, 0.2) is 0 Å². The average molecular weight is 365 g/mol. The van der Waals surface area contributed by atoms with E-state index in [0.29, 0.717) is 11.4 Å². The quantitative estimate of drug-likeness (QED) is 0.438. The maximum atomic E-state index is 12.6. The number of rotatable bonds is 4. The molecule has 0 aliphatic rings. The molecule has 1 heterocycles. The third-order valence-electron chi connectivity index (χ3n) is 4.19. The number of anilines is 1. The molecule has 0 aliphatic carbocycles. The molecule has 28 heavy (non-hydrogen) atoms. The van der Waals surface area contributed by atoms with Crippen molar-refractivity contribution in [1.82, 2.24) is 15.0 Å². The number of nitrogens with zero attached hydrogens (tertiary/aromatic N) is 4. The zero-order valence-corrected chi connectivity index (χ0v) is 14.8. The molecule has 6 heteroatoms. The van der Waals surface area contributed by atoms with E-state index in [9.17, 15) is 10.1 Å². The summed E-state index contributed by atoms with van der Waals surface area (Å²) in [6.07, 6.45) is 2.93. The van der Waals surface area contributed by atoms with Gasteiger partial charge < -0.3 is 5.32 Å². The van der Waals surface area contributed by atoms with Crippen LogP contribution >= 0.6 is 0 Å². The Balaban J connectivity index is 1.59. The number of carbonyl (C=O) groups is 1. The Bertz CT molecular complexity index is 1210. The maximum Gasteiger partial charge on any atom is 0.266 e. The molecule has 134 valence electrons. The number of nitriles is 1. The van der Waals surface area contributed by atoms with E-state index in [1.54, 1.807) is 6.07 Å². The van der Waals surface area contributed by atoms with E-state index >= 15 is 0 Å². The highest BCUT2D eigenvalue weighted by atomic mass is 16.1. The molecule has 0 bridgehead atoms. The predicted molar refractivity (Wildman–Crippen MR) is 108 cm³/mol. The summed E-state index contributed by atoms with van der Waals surface area (Å²) in [5.41, 5.74) is 1.82. The molecule has 0 aliphatic heterocycles. The fraction of sp³-hybridized carbons (Fsp3) is 0. The van der Waals surface area contributed by atoms with Crippen LogP contribution in [0, 0.1) is 11.3 Å². The van der Waals surface area contributed by atoms with E-state index < -0.39 is 5.91 Å². The lowest BCUT2D eigenvalue weighted by atomic mass is 10.1. The summed E-state index contributed by atoms with van der Waals surface area (Å²) in [5.74, 6) is -0.492. The molecule has 6 nitrogen and oxygen atoms in total.